The maximum atomic E-state index is 14.0. The van der Waals surface area contributed by atoms with Crippen LogP contribution in [-0.4, -0.2) is 41.0 Å². The number of fused-ring (bicyclic) bond motifs is 1. The molecule has 43 heavy (non-hydrogen) atoms. The van der Waals surface area contributed by atoms with Gasteiger partial charge in [0.15, 0.2) is 0 Å². The van der Waals surface area contributed by atoms with Crippen molar-refractivity contribution in [2.75, 3.05) is 24.3 Å². The number of aromatic nitrogens is 2. The lowest BCUT2D eigenvalue weighted by atomic mass is 9.98. The summed E-state index contributed by atoms with van der Waals surface area (Å²) in [6.45, 7) is 4.16. The SMILES string of the molecule is COc1ccccc1C1SCC(=O)N(CC(=O)NCc2ccco2)c2c1c(-c1ccccc1)nn2-c1cccc(C)c1C. The van der Waals surface area contributed by atoms with Crippen LogP contribution in [0.1, 0.15) is 33.3 Å². The van der Waals surface area contributed by atoms with Gasteiger partial charge in [-0.2, -0.15) is 5.10 Å². The number of amides is 2. The molecule has 1 aliphatic rings. The highest BCUT2D eigenvalue weighted by atomic mass is 32.2. The molecule has 1 N–H and O–H groups in total. The molecule has 0 saturated heterocycles. The quantitative estimate of drug-likeness (QED) is 0.229. The Balaban J connectivity index is 1.58. The Morgan fingerprint density at radius 3 is 2.58 bits per heavy atom. The number of nitrogens with zero attached hydrogens (tertiary/aromatic N) is 3. The minimum absolute atomic E-state index is 0.170. The highest BCUT2D eigenvalue weighted by Gasteiger charge is 2.38. The van der Waals surface area contributed by atoms with Crippen LogP contribution >= 0.6 is 11.8 Å². The maximum absolute atomic E-state index is 14.0. The summed E-state index contributed by atoms with van der Waals surface area (Å²) < 4.78 is 13.0. The molecule has 6 rings (SSSR count). The van der Waals surface area contributed by atoms with Gasteiger partial charge in [0.2, 0.25) is 11.8 Å². The van der Waals surface area contributed by atoms with Gasteiger partial charge in [0.05, 0.1) is 42.3 Å². The van der Waals surface area contributed by atoms with Gasteiger partial charge in [0.1, 0.15) is 23.9 Å². The van der Waals surface area contributed by atoms with Crippen LogP contribution < -0.4 is 15.0 Å². The van der Waals surface area contributed by atoms with Crippen molar-refractivity contribution in [3.8, 4) is 22.7 Å². The summed E-state index contributed by atoms with van der Waals surface area (Å²) in [7, 11) is 1.65. The van der Waals surface area contributed by atoms with E-state index in [-0.39, 0.29) is 35.9 Å². The van der Waals surface area contributed by atoms with Crippen LogP contribution in [0.3, 0.4) is 0 Å². The van der Waals surface area contributed by atoms with E-state index < -0.39 is 0 Å². The van der Waals surface area contributed by atoms with E-state index in [4.69, 9.17) is 14.3 Å². The highest BCUT2D eigenvalue weighted by Crippen LogP contribution is 2.50. The fourth-order valence-electron chi connectivity index (χ4n) is 5.39. The van der Waals surface area contributed by atoms with Crippen molar-refractivity contribution in [2.45, 2.75) is 25.6 Å². The second kappa shape index (κ2) is 12.2. The summed E-state index contributed by atoms with van der Waals surface area (Å²) in [5.74, 6) is 1.63. The summed E-state index contributed by atoms with van der Waals surface area (Å²) >= 11 is 1.51. The number of carbonyl (C=O) groups excluding carboxylic acids is 2. The molecule has 9 heteroatoms. The topological polar surface area (TPSA) is 89.6 Å². The van der Waals surface area contributed by atoms with Crippen molar-refractivity contribution in [3.63, 3.8) is 0 Å². The van der Waals surface area contributed by atoms with Crippen LogP contribution in [-0.2, 0) is 16.1 Å². The van der Waals surface area contributed by atoms with Gasteiger partial charge in [-0.25, -0.2) is 4.68 Å². The maximum Gasteiger partial charge on any atom is 0.240 e. The van der Waals surface area contributed by atoms with Gasteiger partial charge in [0.25, 0.3) is 0 Å². The van der Waals surface area contributed by atoms with Crippen LogP contribution in [0, 0.1) is 13.8 Å². The lowest BCUT2D eigenvalue weighted by Crippen LogP contribution is -2.42. The number of furan rings is 1. The first-order valence-corrected chi connectivity index (χ1v) is 15.1. The number of thioether (sulfide) groups is 1. The number of anilines is 1. The fraction of sp³-hybridized carbons (Fsp3) is 0.206. The van der Waals surface area contributed by atoms with Crippen LogP contribution in [0.5, 0.6) is 5.75 Å². The van der Waals surface area contributed by atoms with Crippen LogP contribution in [0.25, 0.3) is 16.9 Å². The summed E-state index contributed by atoms with van der Waals surface area (Å²) in [6, 6.07) is 27.4. The largest absolute Gasteiger partial charge is 0.496 e. The average molecular weight is 593 g/mol. The number of methoxy groups -OCH3 is 1. The Morgan fingerprint density at radius 1 is 1.02 bits per heavy atom. The van der Waals surface area contributed by atoms with Crippen molar-refractivity contribution in [2.24, 2.45) is 0 Å². The molecule has 1 aliphatic heterocycles. The third-order valence-electron chi connectivity index (χ3n) is 7.70. The predicted molar refractivity (Wildman–Crippen MR) is 169 cm³/mol. The normalized spacial score (nSPS) is 14.7. The smallest absolute Gasteiger partial charge is 0.240 e. The molecule has 2 amide bonds. The first kappa shape index (κ1) is 28.4. The Morgan fingerprint density at radius 2 is 1.81 bits per heavy atom. The Hall–Kier alpha value is -4.76. The zero-order valence-electron chi connectivity index (χ0n) is 24.2. The van der Waals surface area contributed by atoms with Crippen molar-refractivity contribution in [1.82, 2.24) is 15.1 Å². The number of benzene rings is 3. The van der Waals surface area contributed by atoms with E-state index in [9.17, 15) is 9.59 Å². The summed E-state index contributed by atoms with van der Waals surface area (Å²) in [5.41, 5.74) is 6.43. The minimum atomic E-state index is -0.300. The Kier molecular flexibility index (Phi) is 8.07. The lowest BCUT2D eigenvalue weighted by molar-refractivity contribution is -0.123. The Bertz CT molecular complexity index is 1760. The molecule has 2 aromatic heterocycles. The third kappa shape index (κ3) is 5.56. The summed E-state index contributed by atoms with van der Waals surface area (Å²) in [6.07, 6.45) is 1.56. The van der Waals surface area contributed by atoms with E-state index in [1.807, 2.05) is 78.3 Å². The number of hydrogen-bond donors (Lipinski definition) is 1. The number of ether oxygens (including phenoxy) is 1. The second-order valence-corrected chi connectivity index (χ2v) is 11.4. The molecule has 0 spiro atoms. The van der Waals surface area contributed by atoms with E-state index in [1.165, 1.54) is 11.8 Å². The average Bonchev–Trinajstić information content (AvgIpc) is 3.67. The molecule has 8 nitrogen and oxygen atoms in total. The number of para-hydroxylation sites is 1. The number of nitrogens with one attached hydrogen (secondary N) is 1. The molecule has 1 atom stereocenters. The molecule has 1 unspecified atom stereocenters. The lowest BCUT2D eigenvalue weighted by Gasteiger charge is -2.24. The molecule has 218 valence electrons. The first-order valence-electron chi connectivity index (χ1n) is 14.0. The predicted octanol–water partition coefficient (Wildman–Crippen LogP) is 6.24. The van der Waals surface area contributed by atoms with Crippen molar-refractivity contribution in [1.29, 1.82) is 0 Å². The zero-order chi connectivity index (χ0) is 29.9. The first-order chi connectivity index (χ1) is 21.0. The Labute approximate surface area is 254 Å². The molecule has 3 heterocycles. The van der Waals surface area contributed by atoms with Gasteiger partial charge in [-0.3, -0.25) is 14.5 Å². The van der Waals surface area contributed by atoms with Crippen LogP contribution in [0.2, 0.25) is 0 Å². The van der Waals surface area contributed by atoms with Crippen LogP contribution in [0.4, 0.5) is 5.82 Å². The number of hydrogen-bond acceptors (Lipinski definition) is 6. The van der Waals surface area contributed by atoms with E-state index >= 15 is 0 Å². The third-order valence-corrected chi connectivity index (χ3v) is 8.94. The van der Waals surface area contributed by atoms with Crippen molar-refractivity contribution in [3.05, 3.63) is 119 Å². The monoisotopic (exact) mass is 592 g/mol. The van der Waals surface area contributed by atoms with Gasteiger partial charge < -0.3 is 14.5 Å². The zero-order valence-corrected chi connectivity index (χ0v) is 25.1. The molecule has 0 fully saturated rings. The van der Waals surface area contributed by atoms with Crippen molar-refractivity contribution < 1.29 is 18.7 Å². The molecule has 0 bridgehead atoms. The van der Waals surface area contributed by atoms with Gasteiger partial charge in [-0.05, 0) is 49.2 Å². The number of rotatable bonds is 8. The fourth-order valence-corrected chi connectivity index (χ4v) is 6.61. The summed E-state index contributed by atoms with van der Waals surface area (Å²) in [5, 5.41) is 7.82. The van der Waals surface area contributed by atoms with E-state index in [2.05, 4.69) is 18.3 Å². The van der Waals surface area contributed by atoms with E-state index in [0.717, 1.165) is 44.9 Å². The number of aryl methyl sites for hydroxylation is 1. The highest BCUT2D eigenvalue weighted by molar-refractivity contribution is 8.00. The van der Waals surface area contributed by atoms with Gasteiger partial charge >= 0.3 is 0 Å². The van der Waals surface area contributed by atoms with Gasteiger partial charge in [0, 0.05) is 16.7 Å². The molecule has 0 saturated carbocycles. The summed E-state index contributed by atoms with van der Waals surface area (Å²) in [4.78, 5) is 28.9. The molecule has 3 aromatic carbocycles. The molecular formula is C34H32N4O4S. The van der Waals surface area contributed by atoms with Gasteiger partial charge in [-0.1, -0.05) is 60.7 Å². The minimum Gasteiger partial charge on any atom is -0.496 e. The van der Waals surface area contributed by atoms with E-state index in [0.29, 0.717) is 11.6 Å². The molecular weight excluding hydrogens is 560 g/mol. The van der Waals surface area contributed by atoms with Gasteiger partial charge in [-0.15, -0.1) is 11.8 Å². The van der Waals surface area contributed by atoms with Crippen LogP contribution in [0.15, 0.2) is 95.6 Å². The molecule has 0 radical (unpaired) electrons. The molecule has 5 aromatic rings. The molecule has 0 aliphatic carbocycles. The number of carbonyl (C=O) groups is 2. The standard InChI is InChI=1S/C34H32N4O4S/c1-22-11-9-16-27(23(22)2)38-34-31(32(36-38)24-12-5-4-6-13-24)33(26-15-7-8-17-28(26)41-3)43-21-30(40)37(34)20-29(39)35-19-25-14-10-18-42-25/h4-18,33H,19-21H2,1-3H3,(H,35,39). The second-order valence-electron chi connectivity index (χ2n) is 10.4. The van der Waals surface area contributed by atoms with Crippen molar-refractivity contribution >= 4 is 29.4 Å². The van der Waals surface area contributed by atoms with E-state index in [1.54, 1.807) is 30.4 Å².